The van der Waals surface area contributed by atoms with E-state index in [1.807, 2.05) is 0 Å². The molecule has 2 rings (SSSR count). The van der Waals surface area contributed by atoms with Crippen molar-refractivity contribution in [1.29, 1.82) is 0 Å². The van der Waals surface area contributed by atoms with Crippen LogP contribution in [0, 0.1) is 11.6 Å². The maximum atomic E-state index is 13.9. The summed E-state index contributed by atoms with van der Waals surface area (Å²) < 4.78 is 32.7. The van der Waals surface area contributed by atoms with Gasteiger partial charge in [0.05, 0.1) is 7.11 Å². The highest BCUT2D eigenvalue weighted by Crippen LogP contribution is 2.29. The highest BCUT2D eigenvalue weighted by molar-refractivity contribution is 6.30. The van der Waals surface area contributed by atoms with Crippen LogP contribution in [0.25, 0.3) is 0 Å². The third kappa shape index (κ3) is 3.08. The van der Waals surface area contributed by atoms with Gasteiger partial charge in [0, 0.05) is 16.6 Å². The lowest BCUT2D eigenvalue weighted by Gasteiger charge is -2.17. The largest absolute Gasteiger partial charge is 0.496 e. The fourth-order valence-electron chi connectivity index (χ4n) is 2.09. The van der Waals surface area contributed by atoms with Crippen molar-refractivity contribution in [2.45, 2.75) is 12.5 Å². The number of rotatable bonds is 4. The Bertz CT molecular complexity index is 619. The normalized spacial score (nSPS) is 12.2. The zero-order valence-corrected chi connectivity index (χ0v) is 11.6. The van der Waals surface area contributed by atoms with E-state index in [4.69, 9.17) is 22.1 Å². The molecular formula is C15H14ClF2NO. The second-order valence-corrected chi connectivity index (χ2v) is 4.84. The van der Waals surface area contributed by atoms with Gasteiger partial charge in [-0.1, -0.05) is 17.7 Å². The van der Waals surface area contributed by atoms with E-state index in [-0.39, 0.29) is 12.0 Å². The van der Waals surface area contributed by atoms with Crippen LogP contribution < -0.4 is 10.5 Å². The van der Waals surface area contributed by atoms with Crippen molar-refractivity contribution < 1.29 is 13.5 Å². The van der Waals surface area contributed by atoms with Crippen molar-refractivity contribution in [1.82, 2.24) is 0 Å². The van der Waals surface area contributed by atoms with E-state index in [2.05, 4.69) is 0 Å². The molecule has 0 aliphatic carbocycles. The van der Waals surface area contributed by atoms with Crippen LogP contribution in [-0.4, -0.2) is 7.11 Å². The fourth-order valence-corrected chi connectivity index (χ4v) is 2.29. The molecule has 2 nitrogen and oxygen atoms in total. The molecule has 0 saturated carbocycles. The Hall–Kier alpha value is -1.65. The van der Waals surface area contributed by atoms with E-state index in [1.165, 1.54) is 37.4 Å². The molecule has 2 aromatic carbocycles. The van der Waals surface area contributed by atoms with Crippen molar-refractivity contribution in [3.63, 3.8) is 0 Å². The number of halogens is 3. The molecule has 0 aliphatic rings. The second kappa shape index (κ2) is 6.20. The van der Waals surface area contributed by atoms with Crippen LogP contribution in [0.5, 0.6) is 5.75 Å². The molecule has 0 aromatic heterocycles. The molecule has 1 unspecified atom stereocenters. The van der Waals surface area contributed by atoms with E-state index < -0.39 is 17.7 Å². The van der Waals surface area contributed by atoms with E-state index >= 15 is 0 Å². The number of hydrogen-bond donors (Lipinski definition) is 1. The van der Waals surface area contributed by atoms with Crippen LogP contribution in [0.2, 0.25) is 5.02 Å². The average Bonchev–Trinajstić information content (AvgIpc) is 2.42. The standard InChI is InChI=1S/C15H14ClF2NO/c1-20-14-4-2-3-12(18)15(14)13(19)8-9-7-10(16)5-6-11(9)17/h2-7,13H,8,19H2,1H3. The van der Waals surface area contributed by atoms with Gasteiger partial charge in [0.2, 0.25) is 0 Å². The first-order valence-electron chi connectivity index (χ1n) is 6.05. The van der Waals surface area contributed by atoms with Gasteiger partial charge in [0.25, 0.3) is 0 Å². The van der Waals surface area contributed by atoms with Gasteiger partial charge in [0.15, 0.2) is 0 Å². The van der Waals surface area contributed by atoms with Crippen LogP contribution >= 0.6 is 11.6 Å². The molecule has 0 aliphatic heterocycles. The molecule has 0 saturated heterocycles. The van der Waals surface area contributed by atoms with Crippen molar-refractivity contribution >= 4 is 11.6 Å². The lowest BCUT2D eigenvalue weighted by molar-refractivity contribution is 0.398. The Kier molecular flexibility index (Phi) is 4.57. The smallest absolute Gasteiger partial charge is 0.131 e. The highest BCUT2D eigenvalue weighted by atomic mass is 35.5. The van der Waals surface area contributed by atoms with Crippen LogP contribution in [0.15, 0.2) is 36.4 Å². The maximum absolute atomic E-state index is 13.9. The van der Waals surface area contributed by atoms with Crippen LogP contribution in [0.1, 0.15) is 17.2 Å². The van der Waals surface area contributed by atoms with Gasteiger partial charge in [-0.2, -0.15) is 0 Å². The summed E-state index contributed by atoms with van der Waals surface area (Å²) in [4.78, 5) is 0. The van der Waals surface area contributed by atoms with Crippen LogP contribution in [0.4, 0.5) is 8.78 Å². The summed E-state index contributed by atoms with van der Waals surface area (Å²) in [5.74, 6) is -0.542. The predicted molar refractivity (Wildman–Crippen MR) is 75.0 cm³/mol. The minimum absolute atomic E-state index is 0.129. The average molecular weight is 298 g/mol. The van der Waals surface area contributed by atoms with E-state index in [9.17, 15) is 8.78 Å². The summed E-state index contributed by atoms with van der Waals surface area (Å²) in [6.45, 7) is 0. The molecule has 1 atom stereocenters. The van der Waals surface area contributed by atoms with Gasteiger partial charge >= 0.3 is 0 Å². The number of benzene rings is 2. The molecule has 2 aromatic rings. The third-order valence-corrected chi connectivity index (χ3v) is 3.29. The van der Waals surface area contributed by atoms with E-state index in [0.717, 1.165) is 0 Å². The molecule has 5 heteroatoms. The zero-order valence-electron chi connectivity index (χ0n) is 10.9. The quantitative estimate of drug-likeness (QED) is 0.930. The summed E-state index contributed by atoms with van der Waals surface area (Å²) >= 11 is 5.83. The zero-order chi connectivity index (χ0) is 14.7. The molecule has 0 amide bonds. The van der Waals surface area contributed by atoms with Crippen LogP contribution in [-0.2, 0) is 6.42 Å². The Labute approximate surface area is 121 Å². The Balaban J connectivity index is 2.33. The number of methoxy groups -OCH3 is 1. The Morgan fingerprint density at radius 2 is 1.95 bits per heavy atom. The third-order valence-electron chi connectivity index (χ3n) is 3.05. The van der Waals surface area contributed by atoms with Crippen molar-refractivity contribution in [2.75, 3.05) is 7.11 Å². The molecule has 20 heavy (non-hydrogen) atoms. The maximum Gasteiger partial charge on any atom is 0.131 e. The van der Waals surface area contributed by atoms with Gasteiger partial charge in [-0.25, -0.2) is 8.78 Å². The second-order valence-electron chi connectivity index (χ2n) is 4.40. The molecule has 0 bridgehead atoms. The molecule has 0 fully saturated rings. The highest BCUT2D eigenvalue weighted by Gasteiger charge is 2.18. The summed E-state index contributed by atoms with van der Waals surface area (Å²) in [7, 11) is 1.44. The SMILES string of the molecule is COc1cccc(F)c1C(N)Cc1cc(Cl)ccc1F. The van der Waals surface area contributed by atoms with E-state index in [0.29, 0.717) is 16.3 Å². The summed E-state index contributed by atoms with van der Waals surface area (Å²) in [5.41, 5.74) is 6.57. The molecular weight excluding hydrogens is 284 g/mol. The minimum atomic E-state index is -0.723. The Morgan fingerprint density at radius 1 is 1.20 bits per heavy atom. The first-order valence-corrected chi connectivity index (χ1v) is 6.42. The molecule has 106 valence electrons. The topological polar surface area (TPSA) is 35.2 Å². The number of ether oxygens (including phenoxy) is 1. The summed E-state index contributed by atoms with van der Waals surface area (Å²) in [6.07, 6.45) is 0.129. The lowest BCUT2D eigenvalue weighted by Crippen LogP contribution is -2.17. The van der Waals surface area contributed by atoms with E-state index in [1.54, 1.807) is 6.07 Å². The molecule has 2 N–H and O–H groups in total. The number of hydrogen-bond acceptors (Lipinski definition) is 2. The van der Waals surface area contributed by atoms with Gasteiger partial charge in [0.1, 0.15) is 17.4 Å². The summed E-state index contributed by atoms with van der Waals surface area (Å²) in [6, 6.07) is 7.94. The molecule has 0 heterocycles. The minimum Gasteiger partial charge on any atom is -0.496 e. The lowest BCUT2D eigenvalue weighted by atomic mass is 9.98. The van der Waals surface area contributed by atoms with Crippen molar-refractivity contribution in [2.24, 2.45) is 5.73 Å². The van der Waals surface area contributed by atoms with Gasteiger partial charge in [-0.15, -0.1) is 0 Å². The van der Waals surface area contributed by atoms with Crippen LogP contribution in [0.3, 0.4) is 0 Å². The van der Waals surface area contributed by atoms with Crippen molar-refractivity contribution in [3.8, 4) is 5.75 Å². The molecule has 0 radical (unpaired) electrons. The Morgan fingerprint density at radius 3 is 2.65 bits per heavy atom. The van der Waals surface area contributed by atoms with Gasteiger partial charge in [-0.05, 0) is 42.3 Å². The number of nitrogens with two attached hydrogens (primary N) is 1. The first-order chi connectivity index (χ1) is 9.52. The fraction of sp³-hybridized carbons (Fsp3) is 0.200. The molecule has 0 spiro atoms. The van der Waals surface area contributed by atoms with Gasteiger partial charge in [-0.3, -0.25) is 0 Å². The first kappa shape index (κ1) is 14.8. The predicted octanol–water partition coefficient (Wildman–Crippen LogP) is 3.87. The van der Waals surface area contributed by atoms with Crippen molar-refractivity contribution in [3.05, 3.63) is 64.2 Å². The monoisotopic (exact) mass is 297 g/mol. The van der Waals surface area contributed by atoms with Gasteiger partial charge < -0.3 is 10.5 Å². The summed E-state index contributed by atoms with van der Waals surface area (Å²) in [5, 5.41) is 0.411.